The van der Waals surface area contributed by atoms with Crippen molar-refractivity contribution >= 4 is 29.5 Å². The lowest BCUT2D eigenvalue weighted by Gasteiger charge is -2.51. The Bertz CT molecular complexity index is 1110. The molecule has 2 aliphatic carbocycles. The van der Waals surface area contributed by atoms with Gasteiger partial charge in [0.25, 0.3) is 0 Å². The van der Waals surface area contributed by atoms with Gasteiger partial charge < -0.3 is 15.1 Å². The van der Waals surface area contributed by atoms with Gasteiger partial charge in [-0.1, -0.05) is 36.8 Å². The highest BCUT2D eigenvalue weighted by Gasteiger charge is 2.55. The van der Waals surface area contributed by atoms with E-state index in [9.17, 15) is 9.59 Å². The van der Waals surface area contributed by atoms with Crippen molar-refractivity contribution in [2.24, 2.45) is 5.92 Å². The molecule has 8 heteroatoms. The van der Waals surface area contributed by atoms with Crippen LogP contribution in [0.2, 0.25) is 0 Å². The minimum atomic E-state index is -0.210. The van der Waals surface area contributed by atoms with E-state index in [0.717, 1.165) is 37.1 Å². The zero-order chi connectivity index (χ0) is 26.0. The van der Waals surface area contributed by atoms with Gasteiger partial charge in [0.15, 0.2) is 0 Å². The molecule has 198 valence electrons. The van der Waals surface area contributed by atoms with Crippen molar-refractivity contribution < 1.29 is 9.59 Å². The van der Waals surface area contributed by atoms with Gasteiger partial charge in [-0.25, -0.2) is 9.78 Å². The van der Waals surface area contributed by atoms with Gasteiger partial charge in [0.1, 0.15) is 12.4 Å². The number of urea groups is 1. The number of carbonyl (C=O) groups is 2. The minimum Gasteiger partial charge on any atom is -0.317 e. The molecule has 0 atom stereocenters. The van der Waals surface area contributed by atoms with E-state index in [2.05, 4.69) is 64.5 Å². The first-order valence-corrected chi connectivity index (χ1v) is 14.7. The van der Waals surface area contributed by atoms with Crippen LogP contribution in [0.5, 0.6) is 0 Å². The number of thioether (sulfide) groups is 1. The number of pyridine rings is 1. The number of nitrogens with one attached hydrogen (secondary N) is 1. The van der Waals surface area contributed by atoms with Crippen LogP contribution in [0.15, 0.2) is 53.6 Å². The molecule has 1 aliphatic heterocycles. The Kier molecular flexibility index (Phi) is 7.50. The smallest absolute Gasteiger partial charge is 0.317 e. The van der Waals surface area contributed by atoms with E-state index < -0.39 is 0 Å². The van der Waals surface area contributed by atoms with Crippen molar-refractivity contribution in [2.75, 3.05) is 45.3 Å². The molecule has 0 radical (unpaired) electrons. The van der Waals surface area contributed by atoms with Crippen LogP contribution < -0.4 is 5.32 Å². The highest BCUT2D eigenvalue weighted by molar-refractivity contribution is 7.98. The third-order valence-electron chi connectivity index (χ3n) is 8.97. The lowest BCUT2D eigenvalue weighted by molar-refractivity contribution is -0.116. The average Bonchev–Trinajstić information content (AvgIpc) is 3.12. The molecule has 37 heavy (non-hydrogen) atoms. The second-order valence-corrected chi connectivity index (χ2v) is 12.1. The number of aromatic nitrogens is 1. The van der Waals surface area contributed by atoms with Gasteiger partial charge >= 0.3 is 6.03 Å². The number of nitrogens with zero attached hydrogens (tertiary/aromatic N) is 4. The van der Waals surface area contributed by atoms with Gasteiger partial charge in [-0.15, -0.1) is 11.8 Å². The first-order chi connectivity index (χ1) is 17.8. The van der Waals surface area contributed by atoms with E-state index in [1.54, 1.807) is 22.9 Å². The Morgan fingerprint density at radius 3 is 2.49 bits per heavy atom. The largest absolute Gasteiger partial charge is 0.321 e. The van der Waals surface area contributed by atoms with Gasteiger partial charge in [0, 0.05) is 29.7 Å². The summed E-state index contributed by atoms with van der Waals surface area (Å²) >= 11 is 1.61. The Labute approximate surface area is 225 Å². The molecule has 2 saturated carbocycles. The van der Waals surface area contributed by atoms with Crippen molar-refractivity contribution in [1.29, 1.82) is 0 Å². The number of hydrogen-bond donors (Lipinski definition) is 1. The quantitative estimate of drug-likeness (QED) is 0.493. The SMILES string of the molecule is CSc1ccnc(NC(=O)CN2C[C@]3(CC[C@](c4ccccc4)(N(C)C)CC3)N(CC3CCC3)C2=O)c1. The molecule has 2 aromatic rings. The van der Waals surface area contributed by atoms with Crippen molar-refractivity contribution in [1.82, 2.24) is 19.7 Å². The number of anilines is 1. The summed E-state index contributed by atoms with van der Waals surface area (Å²) in [4.78, 5) is 38.3. The Morgan fingerprint density at radius 1 is 1.14 bits per heavy atom. The topological polar surface area (TPSA) is 68.8 Å². The molecular weight excluding hydrogens is 482 g/mol. The van der Waals surface area contributed by atoms with Crippen LogP contribution in [-0.2, 0) is 10.3 Å². The molecular formula is C29H39N5O2S. The molecule has 0 bridgehead atoms. The van der Waals surface area contributed by atoms with Crippen LogP contribution in [0.3, 0.4) is 0 Å². The van der Waals surface area contributed by atoms with Gasteiger partial charge in [0.2, 0.25) is 5.91 Å². The van der Waals surface area contributed by atoms with Gasteiger partial charge in [-0.05, 0) is 82.5 Å². The fourth-order valence-electron chi connectivity index (χ4n) is 6.47. The van der Waals surface area contributed by atoms with E-state index in [-0.39, 0.29) is 29.6 Å². The summed E-state index contributed by atoms with van der Waals surface area (Å²) in [5, 5.41) is 2.90. The van der Waals surface area contributed by atoms with E-state index in [0.29, 0.717) is 18.3 Å². The second-order valence-electron chi connectivity index (χ2n) is 11.2. The van der Waals surface area contributed by atoms with Gasteiger partial charge in [0.05, 0.1) is 5.54 Å². The summed E-state index contributed by atoms with van der Waals surface area (Å²) in [7, 11) is 4.35. The van der Waals surface area contributed by atoms with Crippen LogP contribution in [0.1, 0.15) is 50.5 Å². The second kappa shape index (κ2) is 10.7. The number of amides is 3. The maximum Gasteiger partial charge on any atom is 0.321 e. The summed E-state index contributed by atoms with van der Waals surface area (Å²) in [5.74, 6) is 0.922. The predicted molar refractivity (Wildman–Crippen MR) is 149 cm³/mol. The van der Waals surface area contributed by atoms with E-state index >= 15 is 0 Å². The van der Waals surface area contributed by atoms with Crippen molar-refractivity contribution in [3.63, 3.8) is 0 Å². The van der Waals surface area contributed by atoms with Crippen LogP contribution in [0.25, 0.3) is 0 Å². The first kappa shape index (κ1) is 26.0. The molecule has 1 N–H and O–H groups in total. The molecule has 3 amide bonds. The van der Waals surface area contributed by atoms with E-state index in [1.807, 2.05) is 18.4 Å². The summed E-state index contributed by atoms with van der Waals surface area (Å²) in [6, 6.07) is 14.6. The predicted octanol–water partition coefficient (Wildman–Crippen LogP) is 5.05. The molecule has 2 heterocycles. The zero-order valence-corrected chi connectivity index (χ0v) is 23.1. The zero-order valence-electron chi connectivity index (χ0n) is 22.3. The van der Waals surface area contributed by atoms with Crippen molar-refractivity contribution in [2.45, 2.75) is 60.9 Å². The van der Waals surface area contributed by atoms with E-state index in [1.165, 1.54) is 24.8 Å². The summed E-state index contributed by atoms with van der Waals surface area (Å²) in [5.41, 5.74) is 1.11. The van der Waals surface area contributed by atoms with E-state index in [4.69, 9.17) is 0 Å². The summed E-state index contributed by atoms with van der Waals surface area (Å²) in [6.45, 7) is 1.49. The average molecular weight is 522 g/mol. The van der Waals surface area contributed by atoms with Crippen LogP contribution in [0, 0.1) is 5.92 Å². The molecule has 3 fully saturated rings. The molecule has 5 rings (SSSR count). The highest BCUT2D eigenvalue weighted by Crippen LogP contribution is 2.49. The fourth-order valence-corrected chi connectivity index (χ4v) is 6.90. The number of benzene rings is 1. The standard InChI is InChI=1S/C29H39N5O2S/c1-32(2)29(23-10-5-4-6-11-23)15-13-28(14-16-29)21-33(27(36)34(28)19-22-8-7-9-22)20-26(35)31-25-18-24(37-3)12-17-30-25/h4-6,10-12,17-18,22H,7-9,13-16,19-21H2,1-3H3,(H,30,31,35)/t28-,29+. The van der Waals surface area contributed by atoms with Crippen molar-refractivity contribution in [3.05, 3.63) is 54.2 Å². The van der Waals surface area contributed by atoms with Crippen molar-refractivity contribution in [3.8, 4) is 0 Å². The molecule has 1 saturated heterocycles. The lowest BCUT2D eigenvalue weighted by atomic mass is 9.68. The summed E-state index contributed by atoms with van der Waals surface area (Å²) in [6.07, 6.45) is 11.2. The number of hydrogen-bond acceptors (Lipinski definition) is 5. The highest BCUT2D eigenvalue weighted by atomic mass is 32.2. The van der Waals surface area contributed by atoms with Crippen LogP contribution in [0.4, 0.5) is 10.6 Å². The minimum absolute atomic E-state index is 0.0185. The maximum absolute atomic E-state index is 13.8. The van der Waals surface area contributed by atoms with Gasteiger partial charge in [-0.2, -0.15) is 0 Å². The number of carbonyl (C=O) groups excluding carboxylic acids is 2. The Hall–Kier alpha value is -2.58. The molecule has 1 spiro atoms. The van der Waals surface area contributed by atoms with Crippen LogP contribution >= 0.6 is 11.8 Å². The molecule has 0 unspecified atom stereocenters. The maximum atomic E-state index is 13.8. The third kappa shape index (κ3) is 5.10. The summed E-state index contributed by atoms with van der Waals surface area (Å²) < 4.78 is 0. The lowest BCUT2D eigenvalue weighted by Crippen LogP contribution is -2.56. The molecule has 1 aromatic heterocycles. The first-order valence-electron chi connectivity index (χ1n) is 13.4. The van der Waals surface area contributed by atoms with Crippen LogP contribution in [-0.4, -0.2) is 77.1 Å². The molecule has 3 aliphatic rings. The Morgan fingerprint density at radius 2 is 1.86 bits per heavy atom. The molecule has 7 nitrogen and oxygen atoms in total. The Balaban J connectivity index is 1.33. The third-order valence-corrected chi connectivity index (χ3v) is 9.69. The number of rotatable bonds is 8. The van der Waals surface area contributed by atoms with Gasteiger partial charge in [-0.3, -0.25) is 9.69 Å². The normalized spacial score (nSPS) is 26.1. The monoisotopic (exact) mass is 521 g/mol. The molecule has 1 aromatic carbocycles. The fraction of sp³-hybridized carbons (Fsp3) is 0.552.